The van der Waals surface area contributed by atoms with Gasteiger partial charge in [0.2, 0.25) is 0 Å². The number of benzene rings is 2. The fourth-order valence-corrected chi connectivity index (χ4v) is 4.14. The molecular formula is C24H25N7OS. The lowest BCUT2D eigenvalue weighted by molar-refractivity contribution is 0.481. The number of phenols is 1. The second-order valence-corrected chi connectivity index (χ2v) is 8.17. The maximum Gasteiger partial charge on any atom is 0.145 e. The number of thiazole rings is 1. The van der Waals surface area contributed by atoms with E-state index in [-0.39, 0.29) is 5.75 Å². The lowest BCUT2D eigenvalue weighted by Gasteiger charge is -2.11. The van der Waals surface area contributed by atoms with Crippen LogP contribution in [0, 0.1) is 0 Å². The highest BCUT2D eigenvalue weighted by Gasteiger charge is 2.12. The van der Waals surface area contributed by atoms with Crippen LogP contribution in [0.1, 0.15) is 18.4 Å². The number of rotatable bonds is 4. The maximum atomic E-state index is 10.6. The summed E-state index contributed by atoms with van der Waals surface area (Å²) in [4.78, 5) is 16.9. The fourth-order valence-electron chi connectivity index (χ4n) is 3.43. The molecule has 2 aromatic carbocycles. The predicted octanol–water partition coefficient (Wildman–Crippen LogP) is 4.57. The second-order valence-electron chi connectivity index (χ2n) is 7.28. The minimum atomic E-state index is 0.0633. The van der Waals surface area contributed by atoms with E-state index in [4.69, 9.17) is 5.73 Å². The van der Waals surface area contributed by atoms with E-state index in [9.17, 15) is 5.11 Å². The van der Waals surface area contributed by atoms with Crippen molar-refractivity contribution in [2.24, 2.45) is 10.7 Å². The minimum Gasteiger partial charge on any atom is -0.507 e. The van der Waals surface area contributed by atoms with Gasteiger partial charge in [0, 0.05) is 37.3 Å². The van der Waals surface area contributed by atoms with E-state index < -0.39 is 0 Å². The number of hydrogen-bond donors (Lipinski definition) is 4. The van der Waals surface area contributed by atoms with E-state index in [1.165, 1.54) is 25.4 Å². The van der Waals surface area contributed by atoms with Gasteiger partial charge < -0.3 is 21.5 Å². The molecule has 0 amide bonds. The number of phenolic OH excluding ortho intramolecular Hbond substituents is 1. The van der Waals surface area contributed by atoms with Crippen molar-refractivity contribution in [2.75, 3.05) is 18.9 Å². The zero-order valence-electron chi connectivity index (χ0n) is 18.2. The molecule has 5 rings (SSSR count). The van der Waals surface area contributed by atoms with Gasteiger partial charge in [-0.1, -0.05) is 6.08 Å². The van der Waals surface area contributed by atoms with Crippen LogP contribution in [0.25, 0.3) is 26.7 Å². The molecule has 0 atom stereocenters. The summed E-state index contributed by atoms with van der Waals surface area (Å²) >= 11 is 1.57. The lowest BCUT2D eigenvalue weighted by Crippen LogP contribution is -2.09. The molecule has 2 aromatic heterocycles. The molecular weight excluding hydrogens is 434 g/mol. The van der Waals surface area contributed by atoms with Gasteiger partial charge in [-0.25, -0.2) is 15.0 Å². The quantitative estimate of drug-likeness (QED) is 0.330. The largest absolute Gasteiger partial charge is 0.507 e. The normalized spacial score (nSPS) is 13.7. The molecule has 0 bridgehead atoms. The summed E-state index contributed by atoms with van der Waals surface area (Å²) < 4.78 is 1.07. The van der Waals surface area contributed by atoms with Crippen molar-refractivity contribution in [3.63, 3.8) is 0 Å². The zero-order valence-corrected chi connectivity index (χ0v) is 19.0. The van der Waals surface area contributed by atoms with Crippen LogP contribution in [0.4, 0.5) is 11.5 Å². The van der Waals surface area contributed by atoms with Gasteiger partial charge in [-0.15, -0.1) is 11.3 Å². The van der Waals surface area contributed by atoms with Gasteiger partial charge in [0.05, 0.1) is 26.6 Å². The van der Waals surface area contributed by atoms with E-state index >= 15 is 0 Å². The molecule has 168 valence electrons. The predicted molar refractivity (Wildman–Crippen MR) is 137 cm³/mol. The van der Waals surface area contributed by atoms with Gasteiger partial charge in [-0.3, -0.25) is 4.99 Å². The molecule has 0 unspecified atom stereocenters. The number of nitrogens with two attached hydrogens (primary N) is 1. The first kappa shape index (κ1) is 22.2. The Balaban J connectivity index is 0.000000376. The standard InChI is InChI=1S/C19H16N6OS.C5H9N/c1-21-8-12(7-20)11-4-15-18(16(26)5-11)19(23-9-22-15)25-13-2-3-14-17(6-13)27-10-24-14;1-2-4-6-5-3-1/h2-10,26H,20H2,1H3,(H,22,23,25);2,4,6H,1,3,5H2/b12-7+,21-8?;. The Morgan fingerprint density at radius 1 is 1.21 bits per heavy atom. The highest BCUT2D eigenvalue weighted by atomic mass is 32.1. The molecule has 0 saturated heterocycles. The van der Waals surface area contributed by atoms with Crippen molar-refractivity contribution >= 4 is 55.7 Å². The van der Waals surface area contributed by atoms with Gasteiger partial charge >= 0.3 is 0 Å². The summed E-state index contributed by atoms with van der Waals surface area (Å²) in [5.41, 5.74) is 11.3. The average molecular weight is 460 g/mol. The fraction of sp³-hybridized carbons (Fsp3) is 0.167. The van der Waals surface area contributed by atoms with E-state index in [2.05, 4.69) is 36.7 Å². The molecule has 0 spiro atoms. The molecule has 0 fully saturated rings. The Morgan fingerprint density at radius 3 is 2.82 bits per heavy atom. The molecule has 0 radical (unpaired) electrons. The first-order valence-corrected chi connectivity index (χ1v) is 11.4. The van der Waals surface area contributed by atoms with Crippen molar-refractivity contribution in [2.45, 2.75) is 12.8 Å². The Bertz CT molecular complexity index is 1340. The number of nitrogens with one attached hydrogen (secondary N) is 2. The third-order valence-electron chi connectivity index (χ3n) is 5.02. The summed E-state index contributed by atoms with van der Waals surface area (Å²) in [6.45, 7) is 1.16. The topological polar surface area (TPSA) is 121 Å². The highest BCUT2D eigenvalue weighted by Crippen LogP contribution is 2.34. The van der Waals surface area contributed by atoms with Gasteiger partial charge in [0.15, 0.2) is 0 Å². The van der Waals surface area contributed by atoms with E-state index in [1.807, 2.05) is 36.0 Å². The van der Waals surface area contributed by atoms with E-state index in [0.29, 0.717) is 22.3 Å². The monoisotopic (exact) mass is 459 g/mol. The van der Waals surface area contributed by atoms with Crippen LogP contribution in [0.3, 0.4) is 0 Å². The Hall–Kier alpha value is -3.98. The number of hydrogen-bond acceptors (Lipinski definition) is 9. The van der Waals surface area contributed by atoms with Crippen LogP contribution in [-0.4, -0.2) is 39.9 Å². The Labute approximate surface area is 195 Å². The smallest absolute Gasteiger partial charge is 0.145 e. The first-order valence-electron chi connectivity index (χ1n) is 10.5. The van der Waals surface area contributed by atoms with Gasteiger partial charge in [0.25, 0.3) is 0 Å². The maximum absolute atomic E-state index is 10.6. The molecule has 0 aliphatic carbocycles. The minimum absolute atomic E-state index is 0.0633. The molecule has 8 nitrogen and oxygen atoms in total. The Kier molecular flexibility index (Phi) is 7.11. The summed E-state index contributed by atoms with van der Waals surface area (Å²) in [6.07, 6.45) is 11.3. The molecule has 5 N–H and O–H groups in total. The molecule has 3 heterocycles. The van der Waals surface area contributed by atoms with Crippen molar-refractivity contribution in [3.05, 3.63) is 66.2 Å². The second kappa shape index (κ2) is 10.6. The lowest BCUT2D eigenvalue weighted by atomic mass is 10.0. The van der Waals surface area contributed by atoms with Crippen molar-refractivity contribution in [3.8, 4) is 5.75 Å². The van der Waals surface area contributed by atoms with E-state index in [1.54, 1.807) is 30.7 Å². The number of aromatic hydroxyl groups is 1. The summed E-state index contributed by atoms with van der Waals surface area (Å²) in [7, 11) is 1.66. The van der Waals surface area contributed by atoms with E-state index in [0.717, 1.165) is 28.0 Å². The summed E-state index contributed by atoms with van der Waals surface area (Å²) in [5.74, 6) is 0.587. The SMILES string of the molecule is C1=CNCCC1.CN=C/C(=C\N)c1cc(O)c2c(Nc3ccc4ncsc4c3)ncnc2c1. The third-order valence-corrected chi connectivity index (χ3v) is 5.81. The van der Waals surface area contributed by atoms with Gasteiger partial charge in [-0.05, 0) is 54.9 Å². The summed E-state index contributed by atoms with van der Waals surface area (Å²) in [6, 6.07) is 9.34. The van der Waals surface area contributed by atoms with Gasteiger partial charge in [0.1, 0.15) is 17.9 Å². The van der Waals surface area contributed by atoms with Gasteiger partial charge in [-0.2, -0.15) is 0 Å². The number of aromatic nitrogens is 3. The molecule has 4 aromatic rings. The van der Waals surface area contributed by atoms with Crippen LogP contribution in [0.2, 0.25) is 0 Å². The molecule has 0 saturated carbocycles. The number of aliphatic imine (C=N–C) groups is 1. The number of anilines is 2. The zero-order chi connectivity index (χ0) is 23.0. The number of fused-ring (bicyclic) bond motifs is 2. The highest BCUT2D eigenvalue weighted by molar-refractivity contribution is 7.16. The first-order chi connectivity index (χ1) is 16.2. The van der Waals surface area contributed by atoms with Crippen LogP contribution in [0.5, 0.6) is 5.75 Å². The molecule has 1 aliphatic heterocycles. The van der Waals surface area contributed by atoms with Crippen LogP contribution in [0.15, 0.2) is 65.6 Å². The van der Waals surface area contributed by atoms with Crippen LogP contribution >= 0.6 is 11.3 Å². The average Bonchev–Trinajstić information content (AvgIpc) is 3.32. The van der Waals surface area contributed by atoms with Crippen molar-refractivity contribution < 1.29 is 5.11 Å². The van der Waals surface area contributed by atoms with Crippen molar-refractivity contribution in [1.29, 1.82) is 0 Å². The van der Waals surface area contributed by atoms with Crippen LogP contribution in [-0.2, 0) is 0 Å². The van der Waals surface area contributed by atoms with Crippen LogP contribution < -0.4 is 16.4 Å². The molecule has 1 aliphatic rings. The molecule has 9 heteroatoms. The third kappa shape index (κ3) is 5.27. The number of allylic oxidation sites excluding steroid dienone is 2. The Morgan fingerprint density at radius 2 is 2.12 bits per heavy atom. The van der Waals surface area contributed by atoms with Crippen molar-refractivity contribution in [1.82, 2.24) is 20.3 Å². The number of nitrogens with zero attached hydrogens (tertiary/aromatic N) is 4. The summed E-state index contributed by atoms with van der Waals surface area (Å²) in [5, 5.41) is 17.5. The molecule has 33 heavy (non-hydrogen) atoms.